The van der Waals surface area contributed by atoms with Crippen LogP contribution in [0, 0.1) is 6.92 Å². The van der Waals surface area contributed by atoms with Gasteiger partial charge in [0.15, 0.2) is 5.69 Å². The highest BCUT2D eigenvalue weighted by Gasteiger charge is 2.34. The van der Waals surface area contributed by atoms with E-state index >= 15 is 0 Å². The second-order valence-corrected chi connectivity index (χ2v) is 7.59. The quantitative estimate of drug-likeness (QED) is 0.570. The number of rotatable bonds is 2. The highest BCUT2D eigenvalue weighted by Crippen LogP contribution is 2.43. The summed E-state index contributed by atoms with van der Waals surface area (Å²) >= 11 is 7.42. The van der Waals surface area contributed by atoms with Crippen LogP contribution in [0.15, 0.2) is 47.6 Å². The molecule has 0 fully saturated rings. The first-order chi connectivity index (χ1) is 13.5. The minimum absolute atomic E-state index is 0.157. The van der Waals surface area contributed by atoms with Crippen LogP contribution in [0.1, 0.15) is 24.3 Å². The predicted octanol–water partition coefficient (Wildman–Crippen LogP) is 4.67. The molecular formula is C20H17ClN4O2S. The third kappa shape index (κ3) is 3.31. The number of halogens is 1. The Kier molecular flexibility index (Phi) is 4.95. The molecule has 6 nitrogen and oxygen atoms in total. The molecule has 1 unspecified atom stereocenters. The van der Waals surface area contributed by atoms with Gasteiger partial charge in [0.1, 0.15) is 0 Å². The van der Waals surface area contributed by atoms with E-state index in [-0.39, 0.29) is 5.91 Å². The number of anilines is 1. The molecule has 2 aromatic carbocycles. The molecule has 1 atom stereocenters. The number of hydrogen-bond donors (Lipinski definition) is 0. The Hall–Kier alpha value is -2.64. The molecule has 0 radical (unpaired) electrons. The van der Waals surface area contributed by atoms with Crippen LogP contribution in [0.2, 0.25) is 5.02 Å². The van der Waals surface area contributed by atoms with Crippen molar-refractivity contribution < 1.29 is 9.53 Å². The number of fused-ring (bicyclic) bond motifs is 3. The van der Waals surface area contributed by atoms with Crippen molar-refractivity contribution in [1.29, 1.82) is 0 Å². The Balaban J connectivity index is 1.98. The van der Waals surface area contributed by atoms with Gasteiger partial charge in [-0.05, 0) is 37.4 Å². The molecule has 0 saturated carbocycles. The van der Waals surface area contributed by atoms with Gasteiger partial charge in [-0.3, -0.25) is 9.69 Å². The number of aromatic nitrogens is 3. The summed E-state index contributed by atoms with van der Waals surface area (Å²) in [5.74, 6) is 0.186. The summed E-state index contributed by atoms with van der Waals surface area (Å²) in [4.78, 5) is 18.8. The molecule has 0 bridgehead atoms. The molecule has 0 spiro atoms. The smallest absolute Gasteiger partial charge is 0.247 e. The SMILES string of the molecule is CSc1nnc2c(n1)OC(c1ccc(Cl)cc1)N(C(C)=O)c1ccc(C)cc1-2. The minimum Gasteiger partial charge on any atom is -0.447 e. The molecule has 0 N–H and O–H groups in total. The number of amides is 1. The highest BCUT2D eigenvalue weighted by molar-refractivity contribution is 7.98. The second kappa shape index (κ2) is 7.41. The van der Waals surface area contributed by atoms with Gasteiger partial charge in [0.05, 0.1) is 5.69 Å². The lowest BCUT2D eigenvalue weighted by Crippen LogP contribution is -2.36. The molecule has 1 aliphatic heterocycles. The van der Waals surface area contributed by atoms with E-state index in [9.17, 15) is 4.79 Å². The van der Waals surface area contributed by atoms with Crippen LogP contribution in [0.3, 0.4) is 0 Å². The molecule has 3 aromatic rings. The van der Waals surface area contributed by atoms with Gasteiger partial charge in [-0.25, -0.2) is 0 Å². The van der Waals surface area contributed by atoms with E-state index in [2.05, 4.69) is 15.2 Å². The van der Waals surface area contributed by atoms with E-state index in [4.69, 9.17) is 16.3 Å². The highest BCUT2D eigenvalue weighted by atomic mass is 35.5. The minimum atomic E-state index is -0.705. The number of benzene rings is 2. The first-order valence-electron chi connectivity index (χ1n) is 8.59. The van der Waals surface area contributed by atoms with Crippen LogP contribution in [0.4, 0.5) is 5.69 Å². The fraction of sp³-hybridized carbons (Fsp3) is 0.200. The number of thioether (sulfide) groups is 1. The lowest BCUT2D eigenvalue weighted by atomic mass is 10.0. The van der Waals surface area contributed by atoms with Crippen molar-refractivity contribution in [3.63, 3.8) is 0 Å². The van der Waals surface area contributed by atoms with Crippen LogP contribution >= 0.6 is 23.4 Å². The van der Waals surface area contributed by atoms with Crippen LogP contribution in [-0.4, -0.2) is 27.3 Å². The van der Waals surface area contributed by atoms with Gasteiger partial charge in [-0.15, -0.1) is 10.2 Å². The summed E-state index contributed by atoms with van der Waals surface area (Å²) in [6, 6.07) is 13.0. The Labute approximate surface area is 171 Å². The van der Waals surface area contributed by atoms with E-state index < -0.39 is 6.23 Å². The number of carbonyl (C=O) groups excluding carboxylic acids is 1. The number of ether oxygens (including phenoxy) is 1. The van der Waals surface area contributed by atoms with E-state index in [0.29, 0.717) is 27.4 Å². The van der Waals surface area contributed by atoms with Crippen molar-refractivity contribution in [3.8, 4) is 17.1 Å². The fourth-order valence-electron chi connectivity index (χ4n) is 3.15. The van der Waals surface area contributed by atoms with E-state index in [1.54, 1.807) is 17.0 Å². The standard InChI is InChI=1S/C20H17ClN4O2S/c1-11-4-9-16-15(10-11)17-18(22-20(28-3)24-23-17)27-19(25(16)12(2)26)13-5-7-14(21)8-6-13/h4-10,19H,1-3H3. The van der Waals surface area contributed by atoms with Gasteiger partial charge in [0, 0.05) is 23.1 Å². The Morgan fingerprint density at radius 2 is 1.93 bits per heavy atom. The third-order valence-electron chi connectivity index (χ3n) is 4.44. The van der Waals surface area contributed by atoms with Gasteiger partial charge in [0.2, 0.25) is 23.2 Å². The maximum Gasteiger partial charge on any atom is 0.247 e. The average molecular weight is 413 g/mol. The number of aryl methyl sites for hydroxylation is 1. The lowest BCUT2D eigenvalue weighted by molar-refractivity contribution is -0.118. The van der Waals surface area contributed by atoms with Crippen molar-refractivity contribution in [2.75, 3.05) is 11.2 Å². The second-order valence-electron chi connectivity index (χ2n) is 6.38. The first kappa shape index (κ1) is 18.7. The Bertz CT molecular complexity index is 1060. The number of carbonyl (C=O) groups is 1. The fourth-order valence-corrected chi connectivity index (χ4v) is 3.57. The molecule has 0 saturated heterocycles. The molecule has 8 heteroatoms. The maximum absolute atomic E-state index is 12.7. The molecule has 1 aromatic heterocycles. The summed E-state index contributed by atoms with van der Waals surface area (Å²) in [5, 5.41) is 9.62. The van der Waals surface area contributed by atoms with Crippen molar-refractivity contribution in [3.05, 3.63) is 58.6 Å². The van der Waals surface area contributed by atoms with Gasteiger partial charge < -0.3 is 4.74 Å². The normalized spacial score (nSPS) is 15.3. The number of nitrogens with zero attached hydrogens (tertiary/aromatic N) is 4. The molecule has 2 heterocycles. The topological polar surface area (TPSA) is 68.2 Å². The van der Waals surface area contributed by atoms with Crippen molar-refractivity contribution in [2.45, 2.75) is 25.2 Å². The molecule has 142 valence electrons. The van der Waals surface area contributed by atoms with E-state index in [1.807, 2.05) is 43.5 Å². The average Bonchev–Trinajstić information content (AvgIpc) is 2.82. The zero-order chi connectivity index (χ0) is 19.8. The molecule has 28 heavy (non-hydrogen) atoms. The molecule has 4 rings (SSSR count). The summed E-state index contributed by atoms with van der Waals surface area (Å²) in [6.45, 7) is 3.50. The largest absolute Gasteiger partial charge is 0.447 e. The Morgan fingerprint density at radius 3 is 2.61 bits per heavy atom. The van der Waals surface area contributed by atoms with Gasteiger partial charge >= 0.3 is 0 Å². The van der Waals surface area contributed by atoms with Gasteiger partial charge in [-0.1, -0.05) is 47.1 Å². The van der Waals surface area contributed by atoms with Crippen molar-refractivity contribution >= 4 is 35.0 Å². The third-order valence-corrected chi connectivity index (χ3v) is 5.23. The molecule has 1 amide bonds. The number of hydrogen-bond acceptors (Lipinski definition) is 6. The van der Waals surface area contributed by atoms with Crippen LogP contribution < -0.4 is 9.64 Å². The summed E-state index contributed by atoms with van der Waals surface area (Å²) < 4.78 is 6.26. The van der Waals surface area contributed by atoms with Crippen LogP contribution in [-0.2, 0) is 4.79 Å². The molecule has 1 aliphatic rings. The Morgan fingerprint density at radius 1 is 1.18 bits per heavy atom. The van der Waals surface area contributed by atoms with Crippen LogP contribution in [0.25, 0.3) is 11.3 Å². The van der Waals surface area contributed by atoms with Crippen LogP contribution in [0.5, 0.6) is 5.88 Å². The van der Waals surface area contributed by atoms with Gasteiger partial charge in [-0.2, -0.15) is 4.98 Å². The monoisotopic (exact) mass is 412 g/mol. The predicted molar refractivity (Wildman–Crippen MR) is 110 cm³/mol. The summed E-state index contributed by atoms with van der Waals surface area (Å²) in [6.07, 6.45) is 1.17. The lowest BCUT2D eigenvalue weighted by Gasteiger charge is -2.30. The first-order valence-corrected chi connectivity index (χ1v) is 10.2. The summed E-state index contributed by atoms with van der Waals surface area (Å²) in [7, 11) is 0. The summed E-state index contributed by atoms with van der Waals surface area (Å²) in [5.41, 5.74) is 3.79. The molecule has 0 aliphatic carbocycles. The maximum atomic E-state index is 12.7. The van der Waals surface area contributed by atoms with Gasteiger partial charge in [0.25, 0.3) is 0 Å². The molecular weight excluding hydrogens is 396 g/mol. The zero-order valence-corrected chi connectivity index (χ0v) is 17.1. The van der Waals surface area contributed by atoms with E-state index in [0.717, 1.165) is 16.7 Å². The van der Waals surface area contributed by atoms with Crippen molar-refractivity contribution in [1.82, 2.24) is 15.2 Å². The van der Waals surface area contributed by atoms with Crippen molar-refractivity contribution in [2.24, 2.45) is 0 Å². The zero-order valence-electron chi connectivity index (χ0n) is 15.5. The van der Waals surface area contributed by atoms with E-state index in [1.165, 1.54) is 18.7 Å².